The summed E-state index contributed by atoms with van der Waals surface area (Å²) < 4.78 is 23.4. The van der Waals surface area contributed by atoms with Crippen LogP contribution >= 0.6 is 0 Å². The van der Waals surface area contributed by atoms with Crippen molar-refractivity contribution in [1.29, 1.82) is 0 Å². The van der Waals surface area contributed by atoms with E-state index in [1.165, 1.54) is 0 Å². The number of nitrogens with one attached hydrogen (secondary N) is 1. The second-order valence-corrected chi connectivity index (χ2v) is 13.7. The van der Waals surface area contributed by atoms with Gasteiger partial charge < -0.3 is 23.0 Å². The van der Waals surface area contributed by atoms with E-state index in [1.54, 1.807) is 0 Å². The van der Waals surface area contributed by atoms with Crippen LogP contribution in [0.4, 0.5) is 0 Å². The molecule has 0 rings (SSSR count). The molecule has 6 nitrogen and oxygen atoms in total. The van der Waals surface area contributed by atoms with Crippen LogP contribution in [-0.2, 0) is 22.5 Å². The number of carbonyl (C=O) groups excluding carboxylic acids is 1. The Labute approximate surface area is 162 Å². The Morgan fingerprint density at radius 1 is 0.808 bits per heavy atom. The number of carbonyl (C=O) groups is 1. The lowest BCUT2D eigenvalue weighted by atomic mass is 10.4. The van der Waals surface area contributed by atoms with Crippen molar-refractivity contribution >= 4 is 23.1 Å². The van der Waals surface area contributed by atoms with E-state index in [9.17, 15) is 4.79 Å². The van der Waals surface area contributed by atoms with E-state index >= 15 is 0 Å². The summed E-state index contributed by atoms with van der Waals surface area (Å²) in [5, 5.41) is 3.33. The quantitative estimate of drug-likeness (QED) is 0.291. The maximum absolute atomic E-state index is 12.1. The maximum atomic E-state index is 12.1. The van der Waals surface area contributed by atoms with Gasteiger partial charge in [-0.1, -0.05) is 20.8 Å². The highest BCUT2D eigenvalue weighted by Crippen LogP contribution is 2.22. The van der Waals surface area contributed by atoms with E-state index in [4.69, 9.17) is 17.7 Å². The van der Waals surface area contributed by atoms with Crippen molar-refractivity contribution in [2.75, 3.05) is 32.9 Å². The molecular weight excluding hydrogens is 366 g/mol. The minimum atomic E-state index is -2.55. The summed E-state index contributed by atoms with van der Waals surface area (Å²) in [6.07, 6.45) is 1.33. The van der Waals surface area contributed by atoms with Crippen molar-refractivity contribution in [2.24, 2.45) is 0 Å². The Hall–Kier alpha value is -0.256. The van der Waals surface area contributed by atoms with E-state index in [1.807, 2.05) is 20.8 Å². The lowest BCUT2D eigenvalue weighted by molar-refractivity contribution is -0.135. The molecule has 26 heavy (non-hydrogen) atoms. The Bertz CT molecular complexity index is 342. The van der Waals surface area contributed by atoms with Gasteiger partial charge in [0.1, 0.15) is 0 Å². The molecule has 156 valence electrons. The predicted molar refractivity (Wildman–Crippen MR) is 111 cm³/mol. The second-order valence-electron chi connectivity index (χ2n) is 6.30. The monoisotopic (exact) mass is 407 g/mol. The average Bonchev–Trinajstić information content (AvgIpc) is 2.63. The van der Waals surface area contributed by atoms with Crippen molar-refractivity contribution in [3.8, 4) is 0 Å². The zero-order valence-corrected chi connectivity index (χ0v) is 19.8. The third-order valence-corrected chi connectivity index (χ3v) is 12.4. The minimum Gasteiger partial charge on any atom is -0.519 e. The van der Waals surface area contributed by atoms with Gasteiger partial charge in [0.05, 0.1) is 6.42 Å². The van der Waals surface area contributed by atoms with Gasteiger partial charge in [0.15, 0.2) is 0 Å². The second kappa shape index (κ2) is 14.8. The van der Waals surface area contributed by atoms with Crippen LogP contribution in [0.25, 0.3) is 0 Å². The molecule has 0 bridgehead atoms. The summed E-state index contributed by atoms with van der Waals surface area (Å²) >= 11 is 0. The molecule has 0 saturated heterocycles. The first-order valence-electron chi connectivity index (χ1n) is 10.3. The van der Waals surface area contributed by atoms with Crippen LogP contribution in [0.3, 0.4) is 0 Å². The van der Waals surface area contributed by atoms with Gasteiger partial charge in [-0.05, 0) is 51.9 Å². The number of hydrogen-bond acceptors (Lipinski definition) is 6. The van der Waals surface area contributed by atoms with Crippen molar-refractivity contribution < 1.29 is 22.5 Å². The molecule has 0 amide bonds. The number of hydrogen-bond donors (Lipinski definition) is 1. The first-order valence-corrected chi connectivity index (χ1v) is 14.8. The van der Waals surface area contributed by atoms with Crippen LogP contribution < -0.4 is 5.32 Å². The smallest absolute Gasteiger partial charge is 0.500 e. The highest BCUT2D eigenvalue weighted by atomic mass is 28.4. The third-order valence-electron chi connectivity index (χ3n) is 4.70. The van der Waals surface area contributed by atoms with E-state index in [-0.39, 0.29) is 5.97 Å². The van der Waals surface area contributed by atoms with E-state index in [0.717, 1.165) is 37.1 Å². The zero-order valence-electron chi connectivity index (χ0n) is 17.8. The van der Waals surface area contributed by atoms with Gasteiger partial charge in [0, 0.05) is 32.4 Å². The first-order chi connectivity index (χ1) is 12.5. The first kappa shape index (κ1) is 25.7. The van der Waals surface area contributed by atoms with Gasteiger partial charge in [-0.3, -0.25) is 4.79 Å². The molecule has 0 radical (unpaired) electrons. The van der Waals surface area contributed by atoms with Crippen LogP contribution in [0.15, 0.2) is 0 Å². The highest BCUT2D eigenvalue weighted by molar-refractivity contribution is 6.74. The van der Waals surface area contributed by atoms with Gasteiger partial charge in [-0.25, -0.2) is 0 Å². The Morgan fingerprint density at radius 3 is 1.73 bits per heavy atom. The molecule has 1 N–H and O–H groups in total. The van der Waals surface area contributed by atoms with Crippen LogP contribution in [-0.4, -0.2) is 56.0 Å². The maximum Gasteiger partial charge on any atom is 0.500 e. The van der Waals surface area contributed by atoms with Gasteiger partial charge in [-0.2, -0.15) is 0 Å². The van der Waals surface area contributed by atoms with Crippen LogP contribution in [0.5, 0.6) is 0 Å². The fraction of sp³-hybridized carbons (Fsp3) is 0.944. The Kier molecular flexibility index (Phi) is 14.6. The summed E-state index contributed by atoms with van der Waals surface area (Å²) in [4.78, 5) is 12.1. The molecule has 8 heteroatoms. The molecule has 0 atom stereocenters. The molecular formula is C18H41NO5Si2. The standard InChI is InChI=1S/C18H41NO5Si2/c1-7-21-26(22-8-2,23-9-3)17-13-15-19-16-14-18(20)24-25(10-4,11-5)12-6/h19H,7-17H2,1-6H3. The molecule has 0 saturated carbocycles. The van der Waals surface area contributed by atoms with Crippen molar-refractivity contribution in [1.82, 2.24) is 5.32 Å². The summed E-state index contributed by atoms with van der Waals surface area (Å²) in [6, 6.07) is 3.78. The highest BCUT2D eigenvalue weighted by Gasteiger charge is 2.39. The predicted octanol–water partition coefficient (Wildman–Crippen LogP) is 3.95. The SMILES string of the molecule is CCO[Si](CCCNCCC(=O)O[Si](CC)(CC)CC)(OCC)OCC. The molecule has 0 aliphatic heterocycles. The summed E-state index contributed by atoms with van der Waals surface area (Å²) in [5.74, 6) is -0.0589. The van der Waals surface area contributed by atoms with E-state index in [0.29, 0.717) is 32.8 Å². The van der Waals surface area contributed by atoms with Crippen molar-refractivity contribution in [3.63, 3.8) is 0 Å². The van der Waals surface area contributed by atoms with E-state index < -0.39 is 17.1 Å². The van der Waals surface area contributed by atoms with Crippen molar-refractivity contribution in [3.05, 3.63) is 0 Å². The summed E-state index contributed by atoms with van der Waals surface area (Å²) in [7, 11) is -4.38. The third kappa shape index (κ3) is 9.61. The van der Waals surface area contributed by atoms with Crippen LogP contribution in [0.1, 0.15) is 54.4 Å². The lowest BCUT2D eigenvalue weighted by Crippen LogP contribution is -2.46. The fourth-order valence-electron chi connectivity index (χ4n) is 3.01. The Balaban J connectivity index is 4.15. The molecule has 0 heterocycles. The minimum absolute atomic E-state index is 0.0589. The topological polar surface area (TPSA) is 66.0 Å². The number of rotatable bonds is 17. The van der Waals surface area contributed by atoms with Gasteiger partial charge in [0.2, 0.25) is 0 Å². The molecule has 0 aromatic heterocycles. The van der Waals surface area contributed by atoms with E-state index in [2.05, 4.69) is 26.1 Å². The van der Waals surface area contributed by atoms with Gasteiger partial charge in [0.25, 0.3) is 14.3 Å². The average molecular weight is 408 g/mol. The largest absolute Gasteiger partial charge is 0.519 e. The Morgan fingerprint density at radius 2 is 1.31 bits per heavy atom. The van der Waals surface area contributed by atoms with Crippen molar-refractivity contribution in [2.45, 2.75) is 78.6 Å². The summed E-state index contributed by atoms with van der Waals surface area (Å²) in [6.45, 7) is 15.6. The lowest BCUT2D eigenvalue weighted by Gasteiger charge is -2.28. The zero-order chi connectivity index (χ0) is 19.9. The van der Waals surface area contributed by atoms with Gasteiger partial charge >= 0.3 is 8.80 Å². The molecule has 0 spiro atoms. The fourth-order valence-corrected chi connectivity index (χ4v) is 8.14. The molecule has 0 aromatic carbocycles. The molecule has 0 aromatic rings. The molecule has 0 aliphatic carbocycles. The molecule has 0 unspecified atom stereocenters. The normalized spacial score (nSPS) is 12.4. The van der Waals surface area contributed by atoms with Gasteiger partial charge in [-0.15, -0.1) is 0 Å². The van der Waals surface area contributed by atoms with Crippen LogP contribution in [0, 0.1) is 0 Å². The molecule has 0 aliphatic rings. The van der Waals surface area contributed by atoms with Crippen LogP contribution in [0.2, 0.25) is 24.2 Å². The summed E-state index contributed by atoms with van der Waals surface area (Å²) in [5.41, 5.74) is 0. The molecule has 0 fully saturated rings.